The van der Waals surface area contributed by atoms with Crippen molar-refractivity contribution >= 4 is 5.91 Å². The number of nitrogens with zero attached hydrogens (tertiary/aromatic N) is 1. The highest BCUT2D eigenvalue weighted by molar-refractivity contribution is 5.79. The summed E-state index contributed by atoms with van der Waals surface area (Å²) in [4.78, 5) is 11.9. The second kappa shape index (κ2) is 5.52. The number of aromatic nitrogens is 1. The highest BCUT2D eigenvalue weighted by Crippen LogP contribution is 2.24. The number of carbonyl (C=O) groups excluding carboxylic acids is 1. The van der Waals surface area contributed by atoms with Crippen LogP contribution < -0.4 is 11.1 Å². The number of nitrogens with two attached hydrogens (primary N) is 1. The van der Waals surface area contributed by atoms with Crippen molar-refractivity contribution in [3.05, 3.63) is 17.0 Å². The van der Waals surface area contributed by atoms with E-state index in [1.54, 1.807) is 0 Å². The molecule has 0 radical (unpaired) electrons. The standard InChI is InChI=1S/C13H21N3O2/c1-8-12(9(2)18-16-8)5-6-15-13(17)10-3-4-11(14)7-10/h10-11H,3-7,14H2,1-2H3,(H,15,17). The molecule has 0 spiro atoms. The largest absolute Gasteiger partial charge is 0.361 e. The quantitative estimate of drug-likeness (QED) is 0.839. The summed E-state index contributed by atoms with van der Waals surface area (Å²) in [7, 11) is 0. The first-order chi connectivity index (χ1) is 8.58. The van der Waals surface area contributed by atoms with Crippen molar-refractivity contribution in [3.8, 4) is 0 Å². The maximum Gasteiger partial charge on any atom is 0.223 e. The maximum absolute atomic E-state index is 11.9. The van der Waals surface area contributed by atoms with Gasteiger partial charge < -0.3 is 15.6 Å². The van der Waals surface area contributed by atoms with Crippen LogP contribution in [0.3, 0.4) is 0 Å². The van der Waals surface area contributed by atoms with E-state index in [9.17, 15) is 4.79 Å². The normalized spacial score (nSPS) is 23.3. The maximum atomic E-state index is 11.9. The third kappa shape index (κ3) is 2.90. The van der Waals surface area contributed by atoms with Crippen LogP contribution in [-0.4, -0.2) is 23.7 Å². The summed E-state index contributed by atoms with van der Waals surface area (Å²) in [5, 5.41) is 6.87. The van der Waals surface area contributed by atoms with Gasteiger partial charge in [-0.2, -0.15) is 0 Å². The van der Waals surface area contributed by atoms with Crippen LogP contribution in [0.5, 0.6) is 0 Å². The molecular weight excluding hydrogens is 230 g/mol. The fraction of sp³-hybridized carbons (Fsp3) is 0.692. The molecule has 1 heterocycles. The summed E-state index contributed by atoms with van der Waals surface area (Å²) in [6.07, 6.45) is 3.46. The fourth-order valence-electron chi connectivity index (χ4n) is 2.57. The molecule has 1 aromatic heterocycles. The number of rotatable bonds is 4. The lowest BCUT2D eigenvalue weighted by atomic mass is 10.1. The van der Waals surface area contributed by atoms with Crippen molar-refractivity contribution in [1.82, 2.24) is 10.5 Å². The van der Waals surface area contributed by atoms with E-state index in [4.69, 9.17) is 10.3 Å². The first-order valence-electron chi connectivity index (χ1n) is 6.53. The van der Waals surface area contributed by atoms with Crippen LogP contribution in [0, 0.1) is 19.8 Å². The van der Waals surface area contributed by atoms with Crippen LogP contribution in [0.15, 0.2) is 4.52 Å². The molecule has 2 atom stereocenters. The minimum Gasteiger partial charge on any atom is -0.361 e. The Labute approximate surface area is 107 Å². The van der Waals surface area contributed by atoms with Crippen LogP contribution in [0.1, 0.15) is 36.3 Å². The lowest BCUT2D eigenvalue weighted by molar-refractivity contribution is -0.124. The molecule has 1 amide bonds. The van der Waals surface area contributed by atoms with Crippen molar-refractivity contribution in [1.29, 1.82) is 0 Å². The van der Waals surface area contributed by atoms with Crippen molar-refractivity contribution in [3.63, 3.8) is 0 Å². The molecule has 0 bridgehead atoms. The van der Waals surface area contributed by atoms with Gasteiger partial charge in [-0.1, -0.05) is 5.16 Å². The SMILES string of the molecule is Cc1noc(C)c1CCNC(=O)C1CCC(N)C1. The minimum atomic E-state index is 0.102. The lowest BCUT2D eigenvalue weighted by Crippen LogP contribution is -2.32. The Morgan fingerprint density at radius 3 is 2.83 bits per heavy atom. The highest BCUT2D eigenvalue weighted by atomic mass is 16.5. The Bertz CT molecular complexity index is 408. The Morgan fingerprint density at radius 2 is 2.28 bits per heavy atom. The molecule has 0 saturated heterocycles. The van der Waals surface area contributed by atoms with Crippen molar-refractivity contribution in [2.75, 3.05) is 6.54 Å². The van der Waals surface area contributed by atoms with Gasteiger partial charge in [0.25, 0.3) is 0 Å². The molecule has 1 aliphatic carbocycles. The number of hydrogen-bond donors (Lipinski definition) is 2. The van der Waals surface area contributed by atoms with Gasteiger partial charge in [0.15, 0.2) is 0 Å². The second-order valence-corrected chi connectivity index (χ2v) is 5.11. The van der Waals surface area contributed by atoms with E-state index >= 15 is 0 Å². The Morgan fingerprint density at radius 1 is 1.50 bits per heavy atom. The molecule has 2 unspecified atom stereocenters. The van der Waals surface area contributed by atoms with E-state index in [0.29, 0.717) is 6.54 Å². The van der Waals surface area contributed by atoms with Gasteiger partial charge in [0.1, 0.15) is 5.76 Å². The lowest BCUT2D eigenvalue weighted by Gasteiger charge is -2.10. The molecule has 1 aliphatic rings. The zero-order valence-electron chi connectivity index (χ0n) is 11.0. The molecule has 3 N–H and O–H groups in total. The van der Waals surface area contributed by atoms with Gasteiger partial charge in [-0.25, -0.2) is 0 Å². The molecule has 1 fully saturated rings. The molecule has 18 heavy (non-hydrogen) atoms. The first kappa shape index (κ1) is 13.1. The molecule has 0 aromatic carbocycles. The summed E-state index contributed by atoms with van der Waals surface area (Å²) >= 11 is 0. The zero-order chi connectivity index (χ0) is 13.1. The van der Waals surface area contributed by atoms with Crippen LogP contribution in [-0.2, 0) is 11.2 Å². The third-order valence-corrected chi connectivity index (χ3v) is 3.70. The second-order valence-electron chi connectivity index (χ2n) is 5.11. The summed E-state index contributed by atoms with van der Waals surface area (Å²) < 4.78 is 5.09. The molecule has 5 heteroatoms. The van der Waals surface area contributed by atoms with Crippen molar-refractivity contribution < 1.29 is 9.32 Å². The molecule has 0 aliphatic heterocycles. The molecular formula is C13H21N3O2. The highest BCUT2D eigenvalue weighted by Gasteiger charge is 2.27. The fourth-order valence-corrected chi connectivity index (χ4v) is 2.57. The molecule has 1 aromatic rings. The average Bonchev–Trinajstić information content (AvgIpc) is 2.89. The smallest absolute Gasteiger partial charge is 0.223 e. The summed E-state index contributed by atoms with van der Waals surface area (Å²) in [6, 6.07) is 0.198. The number of nitrogens with one attached hydrogen (secondary N) is 1. The van der Waals surface area contributed by atoms with Gasteiger partial charge in [0.2, 0.25) is 5.91 Å². The number of amides is 1. The van der Waals surface area contributed by atoms with Crippen molar-refractivity contribution in [2.45, 2.75) is 45.6 Å². The van der Waals surface area contributed by atoms with Gasteiger partial charge in [0.05, 0.1) is 5.69 Å². The van der Waals surface area contributed by atoms with Crippen LogP contribution in [0.2, 0.25) is 0 Å². The van der Waals surface area contributed by atoms with Gasteiger partial charge in [-0.05, 0) is 39.5 Å². The molecule has 5 nitrogen and oxygen atoms in total. The Hall–Kier alpha value is -1.36. The van der Waals surface area contributed by atoms with E-state index in [-0.39, 0.29) is 17.9 Å². The first-order valence-corrected chi connectivity index (χ1v) is 6.53. The average molecular weight is 251 g/mol. The number of carbonyl (C=O) groups is 1. The Kier molecular flexibility index (Phi) is 4.01. The number of aryl methyl sites for hydroxylation is 2. The van der Waals surface area contributed by atoms with E-state index < -0.39 is 0 Å². The summed E-state index contributed by atoms with van der Waals surface area (Å²) in [5.41, 5.74) is 7.81. The molecule has 100 valence electrons. The van der Waals surface area contributed by atoms with Gasteiger partial charge in [0, 0.05) is 24.1 Å². The predicted octanol–water partition coefficient (Wildman–Crippen LogP) is 1.08. The van der Waals surface area contributed by atoms with E-state index in [2.05, 4.69) is 10.5 Å². The zero-order valence-corrected chi connectivity index (χ0v) is 11.0. The van der Waals surface area contributed by atoms with Crippen LogP contribution >= 0.6 is 0 Å². The van der Waals surface area contributed by atoms with Crippen molar-refractivity contribution in [2.24, 2.45) is 11.7 Å². The topological polar surface area (TPSA) is 81.2 Å². The summed E-state index contributed by atoms with van der Waals surface area (Å²) in [5.74, 6) is 1.07. The van der Waals surface area contributed by atoms with Gasteiger partial charge >= 0.3 is 0 Å². The van der Waals surface area contributed by atoms with Crippen LogP contribution in [0.4, 0.5) is 0 Å². The van der Waals surface area contributed by atoms with Gasteiger partial charge in [-0.3, -0.25) is 4.79 Å². The van der Waals surface area contributed by atoms with Crippen LogP contribution in [0.25, 0.3) is 0 Å². The monoisotopic (exact) mass is 251 g/mol. The molecule has 2 rings (SSSR count). The number of hydrogen-bond acceptors (Lipinski definition) is 4. The minimum absolute atomic E-state index is 0.102. The molecule has 1 saturated carbocycles. The van der Waals surface area contributed by atoms with E-state index in [1.165, 1.54) is 0 Å². The van der Waals surface area contributed by atoms with E-state index in [1.807, 2.05) is 13.8 Å². The van der Waals surface area contributed by atoms with Gasteiger partial charge in [-0.15, -0.1) is 0 Å². The summed E-state index contributed by atoms with van der Waals surface area (Å²) in [6.45, 7) is 4.45. The predicted molar refractivity (Wildman–Crippen MR) is 68.0 cm³/mol. The Balaban J connectivity index is 1.77. The van der Waals surface area contributed by atoms with E-state index in [0.717, 1.165) is 42.7 Å². The third-order valence-electron chi connectivity index (χ3n) is 3.70.